The molecule has 0 amide bonds. The molecule has 3 heterocycles. The lowest BCUT2D eigenvalue weighted by Crippen LogP contribution is -2.37. The van der Waals surface area contributed by atoms with Crippen molar-refractivity contribution < 1.29 is 14.9 Å². The number of fused-ring (bicyclic) bond motifs is 3. The van der Waals surface area contributed by atoms with Gasteiger partial charge in [-0.1, -0.05) is 51.1 Å². The number of rotatable bonds is 2. The van der Waals surface area contributed by atoms with Crippen LogP contribution in [-0.2, 0) is 30.8 Å². The first kappa shape index (κ1) is 23.0. The van der Waals surface area contributed by atoms with Crippen LogP contribution in [0.1, 0.15) is 43.7 Å². The number of ether oxygens (including phenoxy) is 1. The maximum atomic E-state index is 13.5. The maximum absolute atomic E-state index is 13.5. The zero-order chi connectivity index (χ0) is 25.2. The molecule has 1 aliphatic rings. The Morgan fingerprint density at radius 1 is 0.943 bits per heavy atom. The standard InChI is InChI=1S/C27H29N3O5/c1-27(2,3)17-9-6-15(7-10-17)21-20-22(28(4)26(34)29(5)25(20)33)23-24(35-13-12-30(21)23)16-8-11-18(31)19(32)14-16/h6-11,14,24,31-32H,12-13H2,1-5H3/t24-/m0/s1. The maximum Gasteiger partial charge on any atom is 0.331 e. The van der Waals surface area contributed by atoms with E-state index >= 15 is 0 Å². The number of benzene rings is 2. The summed E-state index contributed by atoms with van der Waals surface area (Å²) in [4.78, 5) is 26.4. The molecule has 4 aromatic rings. The predicted molar refractivity (Wildman–Crippen MR) is 134 cm³/mol. The normalized spacial score (nSPS) is 16.0. The SMILES string of the molecule is Cn1c(=O)c2c(-c3ccc(C(C)(C)C)cc3)n3c(c2n(C)c1=O)[C@H](c1ccc(O)c(O)c1)OCC3. The van der Waals surface area contributed by atoms with E-state index in [9.17, 15) is 19.8 Å². The summed E-state index contributed by atoms with van der Waals surface area (Å²) < 4.78 is 10.8. The molecule has 1 atom stereocenters. The van der Waals surface area contributed by atoms with Gasteiger partial charge < -0.3 is 19.5 Å². The number of aromatic hydroxyl groups is 2. The Morgan fingerprint density at radius 2 is 1.63 bits per heavy atom. The van der Waals surface area contributed by atoms with Crippen molar-refractivity contribution in [2.24, 2.45) is 14.1 Å². The molecular weight excluding hydrogens is 446 g/mol. The molecule has 0 saturated heterocycles. The van der Waals surface area contributed by atoms with Gasteiger partial charge >= 0.3 is 5.69 Å². The van der Waals surface area contributed by atoms with E-state index in [4.69, 9.17) is 4.74 Å². The highest BCUT2D eigenvalue weighted by molar-refractivity contribution is 5.96. The van der Waals surface area contributed by atoms with Crippen LogP contribution in [0, 0.1) is 0 Å². The zero-order valence-corrected chi connectivity index (χ0v) is 20.5. The molecule has 2 N–H and O–H groups in total. The fourth-order valence-corrected chi connectivity index (χ4v) is 4.97. The van der Waals surface area contributed by atoms with Crippen LogP contribution in [0.5, 0.6) is 11.5 Å². The minimum Gasteiger partial charge on any atom is -0.504 e. The van der Waals surface area contributed by atoms with Gasteiger partial charge in [-0.25, -0.2) is 4.79 Å². The fourth-order valence-electron chi connectivity index (χ4n) is 4.97. The van der Waals surface area contributed by atoms with Gasteiger partial charge in [0.1, 0.15) is 6.10 Å². The van der Waals surface area contributed by atoms with Gasteiger partial charge in [0.15, 0.2) is 11.5 Å². The molecule has 5 rings (SSSR count). The monoisotopic (exact) mass is 475 g/mol. The molecule has 182 valence electrons. The van der Waals surface area contributed by atoms with Crippen LogP contribution in [0.25, 0.3) is 22.2 Å². The first-order valence-electron chi connectivity index (χ1n) is 11.6. The van der Waals surface area contributed by atoms with Crippen LogP contribution in [0.3, 0.4) is 0 Å². The van der Waals surface area contributed by atoms with Gasteiger partial charge in [-0.05, 0) is 34.2 Å². The van der Waals surface area contributed by atoms with Crippen molar-refractivity contribution in [2.45, 2.75) is 38.8 Å². The van der Waals surface area contributed by atoms with Gasteiger partial charge in [-0.3, -0.25) is 13.9 Å². The molecule has 0 fully saturated rings. The molecule has 0 aliphatic carbocycles. The van der Waals surface area contributed by atoms with Gasteiger partial charge in [0.2, 0.25) is 0 Å². The molecule has 2 aromatic carbocycles. The third kappa shape index (κ3) is 3.47. The van der Waals surface area contributed by atoms with E-state index in [0.717, 1.165) is 15.8 Å². The van der Waals surface area contributed by atoms with Gasteiger partial charge in [0.05, 0.1) is 28.9 Å². The van der Waals surface area contributed by atoms with Crippen molar-refractivity contribution in [3.63, 3.8) is 0 Å². The number of aromatic nitrogens is 3. The number of hydrogen-bond acceptors (Lipinski definition) is 5. The summed E-state index contributed by atoms with van der Waals surface area (Å²) in [5.74, 6) is -0.493. The topological polar surface area (TPSA) is 98.6 Å². The summed E-state index contributed by atoms with van der Waals surface area (Å²) in [7, 11) is 3.14. The highest BCUT2D eigenvalue weighted by atomic mass is 16.5. The Hall–Kier alpha value is -3.78. The molecule has 2 aromatic heterocycles. The van der Waals surface area contributed by atoms with Crippen molar-refractivity contribution in [2.75, 3.05) is 6.61 Å². The van der Waals surface area contributed by atoms with Crippen molar-refractivity contribution in [1.82, 2.24) is 13.7 Å². The zero-order valence-electron chi connectivity index (χ0n) is 20.5. The average molecular weight is 476 g/mol. The van der Waals surface area contributed by atoms with E-state index in [1.807, 2.05) is 12.1 Å². The second-order valence-corrected chi connectivity index (χ2v) is 10.1. The van der Waals surface area contributed by atoms with E-state index in [0.29, 0.717) is 35.3 Å². The summed E-state index contributed by atoms with van der Waals surface area (Å²) in [5.41, 5.74) is 3.77. The molecule has 0 saturated carbocycles. The van der Waals surface area contributed by atoms with Crippen LogP contribution in [0.4, 0.5) is 0 Å². The number of phenolic OH excluding ortho intramolecular Hbond substituents is 2. The Balaban J connectivity index is 1.87. The number of hydrogen-bond donors (Lipinski definition) is 2. The molecule has 8 heteroatoms. The van der Waals surface area contributed by atoms with Gasteiger partial charge in [-0.2, -0.15) is 0 Å². The van der Waals surface area contributed by atoms with Crippen molar-refractivity contribution in [3.8, 4) is 22.8 Å². The van der Waals surface area contributed by atoms with Gasteiger partial charge in [-0.15, -0.1) is 0 Å². The first-order valence-corrected chi connectivity index (χ1v) is 11.6. The van der Waals surface area contributed by atoms with E-state index in [2.05, 4.69) is 37.5 Å². The Morgan fingerprint density at radius 3 is 2.26 bits per heavy atom. The molecule has 0 spiro atoms. The van der Waals surface area contributed by atoms with E-state index in [1.165, 1.54) is 29.3 Å². The van der Waals surface area contributed by atoms with Gasteiger partial charge in [0.25, 0.3) is 5.56 Å². The minimum atomic E-state index is -0.641. The lowest BCUT2D eigenvalue weighted by molar-refractivity contribution is 0.0477. The quantitative estimate of drug-likeness (QED) is 0.432. The Kier molecular flexibility index (Phi) is 5.18. The van der Waals surface area contributed by atoms with E-state index in [1.54, 1.807) is 13.1 Å². The van der Waals surface area contributed by atoms with E-state index in [-0.39, 0.29) is 22.5 Å². The smallest absolute Gasteiger partial charge is 0.331 e. The molecular formula is C27H29N3O5. The van der Waals surface area contributed by atoms with Gasteiger partial charge in [0, 0.05) is 20.6 Å². The number of aryl methyl sites for hydroxylation is 1. The van der Waals surface area contributed by atoms with Crippen LogP contribution in [0.2, 0.25) is 0 Å². The summed E-state index contributed by atoms with van der Waals surface area (Å²) in [6.45, 7) is 7.32. The van der Waals surface area contributed by atoms with Crippen LogP contribution in [0.15, 0.2) is 52.1 Å². The fraction of sp³-hybridized carbons (Fsp3) is 0.333. The molecule has 0 bridgehead atoms. The van der Waals surface area contributed by atoms with E-state index < -0.39 is 11.8 Å². The average Bonchev–Trinajstić information content (AvgIpc) is 3.18. The molecule has 0 radical (unpaired) electrons. The molecule has 35 heavy (non-hydrogen) atoms. The van der Waals surface area contributed by atoms with Crippen LogP contribution < -0.4 is 11.2 Å². The molecule has 1 aliphatic heterocycles. The molecule has 0 unspecified atom stereocenters. The minimum absolute atomic E-state index is 0.0149. The summed E-state index contributed by atoms with van der Waals surface area (Å²) >= 11 is 0. The molecule has 8 nitrogen and oxygen atoms in total. The summed E-state index contributed by atoms with van der Waals surface area (Å²) in [6.07, 6.45) is -0.641. The second kappa shape index (κ2) is 7.88. The predicted octanol–water partition coefficient (Wildman–Crippen LogP) is 3.53. The number of nitrogens with zero attached hydrogens (tertiary/aromatic N) is 3. The lowest BCUT2D eigenvalue weighted by Gasteiger charge is -2.28. The van der Waals surface area contributed by atoms with Crippen LogP contribution >= 0.6 is 0 Å². The largest absolute Gasteiger partial charge is 0.504 e. The highest BCUT2D eigenvalue weighted by Gasteiger charge is 2.33. The third-order valence-electron chi connectivity index (χ3n) is 6.88. The third-order valence-corrected chi connectivity index (χ3v) is 6.88. The second-order valence-electron chi connectivity index (χ2n) is 10.1. The van der Waals surface area contributed by atoms with Crippen molar-refractivity contribution >= 4 is 10.9 Å². The number of phenols is 2. The Labute approximate surface area is 202 Å². The van der Waals surface area contributed by atoms with Crippen LogP contribution in [-0.4, -0.2) is 30.5 Å². The Bertz CT molecular complexity index is 1580. The summed E-state index contributed by atoms with van der Waals surface area (Å²) in [6, 6.07) is 12.7. The first-order chi connectivity index (χ1) is 16.5. The van der Waals surface area contributed by atoms with Crippen molar-refractivity contribution in [3.05, 3.63) is 80.1 Å². The van der Waals surface area contributed by atoms with Crippen molar-refractivity contribution in [1.29, 1.82) is 0 Å². The lowest BCUT2D eigenvalue weighted by atomic mass is 9.86. The highest BCUT2D eigenvalue weighted by Crippen LogP contribution is 2.42. The summed E-state index contributed by atoms with van der Waals surface area (Å²) in [5, 5.41) is 20.4.